The quantitative estimate of drug-likeness (QED) is 0.461. The summed E-state index contributed by atoms with van der Waals surface area (Å²) in [7, 11) is 0. The van der Waals surface area contributed by atoms with Gasteiger partial charge in [0, 0.05) is 18.1 Å². The first-order valence-corrected chi connectivity index (χ1v) is 8.69. The first-order valence-electron chi connectivity index (χ1n) is 8.69. The predicted octanol–water partition coefficient (Wildman–Crippen LogP) is 4.63. The summed E-state index contributed by atoms with van der Waals surface area (Å²) >= 11 is 0. The number of nitro groups is 1. The molecule has 5 nitrogen and oxygen atoms in total. The largest absolute Gasteiger partial charge is 0.427 e. The minimum atomic E-state index is -0.472. The van der Waals surface area contributed by atoms with Crippen molar-refractivity contribution in [3.8, 4) is 0 Å². The highest BCUT2D eigenvalue weighted by atomic mass is 16.6. The molecule has 4 rings (SSSR count). The van der Waals surface area contributed by atoms with Gasteiger partial charge in [0.2, 0.25) is 0 Å². The SMILES string of the molecule is CC1=C(OC(=O)c2ccc([N+](=O)[O-])cc2)[C@H]2[C@@H]3CCCCC[C@@]32C1. The molecule has 0 amide bonds. The Labute approximate surface area is 140 Å². The van der Waals surface area contributed by atoms with Crippen LogP contribution in [0.2, 0.25) is 0 Å². The zero-order valence-electron chi connectivity index (χ0n) is 13.8. The van der Waals surface area contributed by atoms with Crippen molar-refractivity contribution in [3.05, 3.63) is 51.3 Å². The van der Waals surface area contributed by atoms with Gasteiger partial charge in [-0.2, -0.15) is 0 Å². The maximum Gasteiger partial charge on any atom is 0.343 e. The van der Waals surface area contributed by atoms with Crippen LogP contribution in [0.5, 0.6) is 0 Å². The predicted molar refractivity (Wildman–Crippen MR) is 88.3 cm³/mol. The first kappa shape index (κ1) is 15.4. The number of allylic oxidation sites excluding steroid dienone is 2. The average Bonchev–Trinajstić information content (AvgIpc) is 3.14. The number of hydrogen-bond donors (Lipinski definition) is 0. The second-order valence-electron chi connectivity index (χ2n) is 7.43. The molecule has 1 aromatic rings. The van der Waals surface area contributed by atoms with Gasteiger partial charge >= 0.3 is 5.97 Å². The van der Waals surface area contributed by atoms with Crippen LogP contribution in [0.3, 0.4) is 0 Å². The highest BCUT2D eigenvalue weighted by molar-refractivity contribution is 5.90. The number of hydrogen-bond acceptors (Lipinski definition) is 4. The van der Waals surface area contributed by atoms with Crippen molar-refractivity contribution in [2.24, 2.45) is 17.3 Å². The highest BCUT2D eigenvalue weighted by Crippen LogP contribution is 2.74. The maximum absolute atomic E-state index is 12.4. The van der Waals surface area contributed by atoms with Gasteiger partial charge in [0.05, 0.1) is 10.5 Å². The lowest BCUT2D eigenvalue weighted by Crippen LogP contribution is -2.08. The molecule has 0 bridgehead atoms. The normalized spacial score (nSPS) is 31.0. The molecule has 0 aromatic heterocycles. The third kappa shape index (κ3) is 2.26. The zero-order valence-corrected chi connectivity index (χ0v) is 13.8. The molecular formula is C19H21NO4. The Balaban J connectivity index is 1.50. The summed E-state index contributed by atoms with van der Waals surface area (Å²) in [6.07, 6.45) is 7.44. The van der Waals surface area contributed by atoms with Gasteiger partial charge < -0.3 is 4.74 Å². The van der Waals surface area contributed by atoms with E-state index in [9.17, 15) is 14.9 Å². The average molecular weight is 327 g/mol. The van der Waals surface area contributed by atoms with Gasteiger partial charge in [0.25, 0.3) is 5.69 Å². The zero-order chi connectivity index (χ0) is 16.9. The Morgan fingerprint density at radius 3 is 2.71 bits per heavy atom. The lowest BCUT2D eigenvalue weighted by molar-refractivity contribution is -0.384. The van der Waals surface area contributed by atoms with Crippen LogP contribution in [0.15, 0.2) is 35.6 Å². The first-order chi connectivity index (χ1) is 11.5. The molecule has 2 saturated carbocycles. The second-order valence-corrected chi connectivity index (χ2v) is 7.43. The molecule has 3 aliphatic rings. The Morgan fingerprint density at radius 2 is 2.00 bits per heavy atom. The van der Waals surface area contributed by atoms with Crippen molar-refractivity contribution in [1.29, 1.82) is 0 Å². The van der Waals surface area contributed by atoms with Crippen molar-refractivity contribution < 1.29 is 14.5 Å². The lowest BCUT2D eigenvalue weighted by atomic mass is 9.92. The third-order valence-electron chi connectivity index (χ3n) is 6.12. The molecule has 0 unspecified atom stereocenters. The van der Waals surface area contributed by atoms with Gasteiger partial charge in [-0.05, 0) is 55.2 Å². The summed E-state index contributed by atoms with van der Waals surface area (Å²) in [5.74, 6) is 1.58. The molecule has 0 saturated heterocycles. The van der Waals surface area contributed by atoms with Crippen molar-refractivity contribution in [3.63, 3.8) is 0 Å². The number of non-ortho nitro benzene ring substituents is 1. The van der Waals surface area contributed by atoms with Crippen LogP contribution in [-0.2, 0) is 4.74 Å². The Kier molecular flexibility index (Phi) is 3.48. The van der Waals surface area contributed by atoms with Crippen molar-refractivity contribution in [2.45, 2.75) is 45.4 Å². The van der Waals surface area contributed by atoms with E-state index < -0.39 is 10.9 Å². The van der Waals surface area contributed by atoms with Crippen LogP contribution in [0, 0.1) is 27.4 Å². The van der Waals surface area contributed by atoms with E-state index in [0.29, 0.717) is 22.8 Å². The lowest BCUT2D eigenvalue weighted by Gasteiger charge is -2.12. The van der Waals surface area contributed by atoms with Gasteiger partial charge in [-0.25, -0.2) is 4.79 Å². The van der Waals surface area contributed by atoms with Gasteiger partial charge in [-0.3, -0.25) is 10.1 Å². The summed E-state index contributed by atoms with van der Waals surface area (Å²) in [4.78, 5) is 22.7. The molecule has 0 N–H and O–H groups in total. The van der Waals surface area contributed by atoms with Gasteiger partial charge in [-0.1, -0.05) is 19.3 Å². The van der Waals surface area contributed by atoms with Crippen LogP contribution in [-0.4, -0.2) is 10.9 Å². The molecule has 5 heteroatoms. The van der Waals surface area contributed by atoms with E-state index in [2.05, 4.69) is 6.92 Å². The number of benzene rings is 1. The van der Waals surface area contributed by atoms with E-state index in [0.717, 1.165) is 12.2 Å². The van der Waals surface area contributed by atoms with E-state index in [1.165, 1.54) is 61.9 Å². The van der Waals surface area contributed by atoms with Crippen molar-refractivity contribution in [1.82, 2.24) is 0 Å². The number of carbonyl (C=O) groups excluding carboxylic acids is 1. The highest BCUT2D eigenvalue weighted by Gasteiger charge is 2.69. The maximum atomic E-state index is 12.4. The standard InChI is InChI=1S/C19H21NO4/c1-12-11-19-10-4-2-3-5-15(19)16(19)17(12)24-18(21)13-6-8-14(9-7-13)20(22)23/h6-9,15-16H,2-5,10-11H2,1H3/t15-,16+,19+/m0/s1. The Hall–Kier alpha value is -2.17. The van der Waals surface area contributed by atoms with Crippen LogP contribution in [0.4, 0.5) is 5.69 Å². The van der Waals surface area contributed by atoms with Gasteiger partial charge in [0.15, 0.2) is 0 Å². The fourth-order valence-corrected chi connectivity index (χ4v) is 5.02. The Bertz CT molecular complexity index is 736. The summed E-state index contributed by atoms with van der Waals surface area (Å²) in [5.41, 5.74) is 1.91. The summed E-state index contributed by atoms with van der Waals surface area (Å²) in [6, 6.07) is 5.61. The minimum absolute atomic E-state index is 0.0220. The molecule has 2 fully saturated rings. The number of nitrogens with zero attached hydrogens (tertiary/aromatic N) is 1. The summed E-state index contributed by atoms with van der Waals surface area (Å²) in [5, 5.41) is 10.7. The second kappa shape index (κ2) is 5.43. The summed E-state index contributed by atoms with van der Waals surface area (Å²) < 4.78 is 5.76. The number of esters is 1. The molecule has 1 spiro atoms. The molecule has 0 radical (unpaired) electrons. The van der Waals surface area contributed by atoms with E-state index in [-0.39, 0.29) is 5.69 Å². The molecular weight excluding hydrogens is 306 g/mol. The van der Waals surface area contributed by atoms with Gasteiger partial charge in [0.1, 0.15) is 5.76 Å². The van der Waals surface area contributed by atoms with Crippen molar-refractivity contribution >= 4 is 11.7 Å². The van der Waals surface area contributed by atoms with Gasteiger partial charge in [-0.15, -0.1) is 0 Å². The minimum Gasteiger partial charge on any atom is -0.427 e. The van der Waals surface area contributed by atoms with Crippen molar-refractivity contribution in [2.75, 3.05) is 0 Å². The monoisotopic (exact) mass is 327 g/mol. The number of fused-ring (bicyclic) bond motifs is 1. The van der Waals surface area contributed by atoms with E-state index >= 15 is 0 Å². The molecule has 3 atom stereocenters. The van der Waals surface area contributed by atoms with Crippen LogP contribution in [0.25, 0.3) is 0 Å². The molecule has 0 heterocycles. The summed E-state index contributed by atoms with van der Waals surface area (Å²) in [6.45, 7) is 2.07. The third-order valence-corrected chi connectivity index (χ3v) is 6.12. The fourth-order valence-electron chi connectivity index (χ4n) is 5.02. The fraction of sp³-hybridized carbons (Fsp3) is 0.526. The molecule has 3 aliphatic carbocycles. The van der Waals surface area contributed by atoms with E-state index in [1.54, 1.807) is 0 Å². The van der Waals surface area contributed by atoms with E-state index in [4.69, 9.17) is 4.74 Å². The van der Waals surface area contributed by atoms with Crippen LogP contribution < -0.4 is 0 Å². The smallest absolute Gasteiger partial charge is 0.343 e. The number of ether oxygens (including phenoxy) is 1. The molecule has 24 heavy (non-hydrogen) atoms. The van der Waals surface area contributed by atoms with Crippen LogP contribution in [0.1, 0.15) is 55.8 Å². The number of carbonyl (C=O) groups is 1. The Morgan fingerprint density at radius 1 is 1.25 bits per heavy atom. The molecule has 0 aliphatic heterocycles. The molecule has 126 valence electrons. The topological polar surface area (TPSA) is 69.4 Å². The number of nitro benzene ring substituents is 1. The van der Waals surface area contributed by atoms with Crippen LogP contribution >= 0.6 is 0 Å². The van der Waals surface area contributed by atoms with E-state index in [1.807, 2.05) is 0 Å². The molecule has 1 aromatic carbocycles. The number of rotatable bonds is 3.